The summed E-state index contributed by atoms with van der Waals surface area (Å²) in [6.07, 6.45) is 0. The third-order valence-corrected chi connectivity index (χ3v) is 2.72. The van der Waals surface area contributed by atoms with E-state index >= 15 is 0 Å². The van der Waals surface area contributed by atoms with Gasteiger partial charge in [-0.1, -0.05) is 29.8 Å². The summed E-state index contributed by atoms with van der Waals surface area (Å²) < 4.78 is 4.99. The molecule has 1 rings (SSSR count). The molecular weight excluding hydrogens is 238 g/mol. The summed E-state index contributed by atoms with van der Waals surface area (Å²) in [6, 6.07) is 7.67. The van der Waals surface area contributed by atoms with Gasteiger partial charge in [-0.05, 0) is 25.5 Å². The van der Waals surface area contributed by atoms with Crippen LogP contribution < -0.4 is 5.32 Å². The molecule has 0 aliphatic carbocycles. The molecule has 0 radical (unpaired) electrons. The first-order chi connectivity index (χ1) is 7.91. The molecular formula is C13H18ClNO2. The van der Waals surface area contributed by atoms with Crippen LogP contribution in [0.25, 0.3) is 0 Å². The van der Waals surface area contributed by atoms with Crippen LogP contribution in [0, 0.1) is 0 Å². The van der Waals surface area contributed by atoms with E-state index in [0.717, 1.165) is 10.6 Å². The Morgan fingerprint density at radius 1 is 1.41 bits per heavy atom. The summed E-state index contributed by atoms with van der Waals surface area (Å²) >= 11 is 6.06. The molecule has 1 N–H and O–H groups in total. The number of ether oxygens (including phenoxy) is 1. The Kier molecular flexibility index (Phi) is 4.97. The normalized spacial score (nSPS) is 11.3. The maximum Gasteiger partial charge on any atom is 0.302 e. The third-order valence-electron chi connectivity index (χ3n) is 2.35. The van der Waals surface area contributed by atoms with Crippen LogP contribution in [0.4, 0.5) is 0 Å². The van der Waals surface area contributed by atoms with Crippen LogP contribution in [0.1, 0.15) is 26.3 Å². The molecule has 0 fully saturated rings. The zero-order valence-corrected chi connectivity index (χ0v) is 11.2. The fourth-order valence-electron chi connectivity index (χ4n) is 1.31. The number of esters is 1. The lowest BCUT2D eigenvalue weighted by atomic mass is 10.1. The van der Waals surface area contributed by atoms with E-state index in [1.165, 1.54) is 6.92 Å². The van der Waals surface area contributed by atoms with E-state index in [1.54, 1.807) is 0 Å². The Labute approximate surface area is 107 Å². The Bertz CT molecular complexity index is 391. The van der Waals surface area contributed by atoms with E-state index in [-0.39, 0.29) is 11.5 Å². The monoisotopic (exact) mass is 255 g/mol. The Morgan fingerprint density at radius 3 is 2.65 bits per heavy atom. The molecule has 0 spiro atoms. The SMILES string of the molecule is CC(=O)OCC(C)(C)NCc1ccccc1Cl. The standard InChI is InChI=1S/C13H18ClNO2/c1-10(16)17-9-13(2,3)15-8-11-6-4-5-7-12(11)14/h4-7,15H,8-9H2,1-3H3. The van der Waals surface area contributed by atoms with Gasteiger partial charge in [-0.3, -0.25) is 4.79 Å². The number of nitrogens with one attached hydrogen (secondary N) is 1. The summed E-state index contributed by atoms with van der Waals surface area (Å²) in [4.78, 5) is 10.7. The first kappa shape index (κ1) is 14.0. The molecule has 0 atom stereocenters. The van der Waals surface area contributed by atoms with Gasteiger partial charge in [0.15, 0.2) is 0 Å². The summed E-state index contributed by atoms with van der Waals surface area (Å²) in [5.41, 5.74) is 0.759. The van der Waals surface area contributed by atoms with Crippen molar-refractivity contribution < 1.29 is 9.53 Å². The largest absolute Gasteiger partial charge is 0.464 e. The van der Waals surface area contributed by atoms with Gasteiger partial charge in [-0.2, -0.15) is 0 Å². The molecule has 0 aliphatic rings. The van der Waals surface area contributed by atoms with E-state index in [9.17, 15) is 4.79 Å². The van der Waals surface area contributed by atoms with Crippen molar-refractivity contribution in [2.24, 2.45) is 0 Å². The van der Waals surface area contributed by atoms with Crippen LogP contribution in [0.5, 0.6) is 0 Å². The minimum atomic E-state index is -0.273. The number of carbonyl (C=O) groups excluding carboxylic acids is 1. The van der Waals surface area contributed by atoms with Gasteiger partial charge in [0.1, 0.15) is 6.61 Å². The highest BCUT2D eigenvalue weighted by Crippen LogP contribution is 2.15. The van der Waals surface area contributed by atoms with E-state index < -0.39 is 0 Å². The number of hydrogen-bond donors (Lipinski definition) is 1. The van der Waals surface area contributed by atoms with Crippen LogP contribution >= 0.6 is 11.6 Å². The maximum atomic E-state index is 10.7. The first-order valence-electron chi connectivity index (χ1n) is 5.52. The van der Waals surface area contributed by atoms with Gasteiger partial charge < -0.3 is 10.1 Å². The number of hydrogen-bond acceptors (Lipinski definition) is 3. The third kappa shape index (κ3) is 5.20. The molecule has 0 unspecified atom stereocenters. The van der Waals surface area contributed by atoms with Crippen molar-refractivity contribution in [3.63, 3.8) is 0 Å². The molecule has 94 valence electrons. The lowest BCUT2D eigenvalue weighted by Crippen LogP contribution is -2.43. The van der Waals surface area contributed by atoms with Crippen molar-refractivity contribution in [3.05, 3.63) is 34.9 Å². The Morgan fingerprint density at radius 2 is 2.06 bits per heavy atom. The molecule has 1 aromatic carbocycles. The summed E-state index contributed by atoms with van der Waals surface area (Å²) in [6.45, 7) is 6.35. The second-order valence-electron chi connectivity index (χ2n) is 4.61. The second-order valence-corrected chi connectivity index (χ2v) is 5.02. The van der Waals surface area contributed by atoms with Gasteiger partial charge in [0.25, 0.3) is 0 Å². The van der Waals surface area contributed by atoms with Gasteiger partial charge >= 0.3 is 5.97 Å². The highest BCUT2D eigenvalue weighted by atomic mass is 35.5. The smallest absolute Gasteiger partial charge is 0.302 e. The average Bonchev–Trinajstić information content (AvgIpc) is 2.26. The van der Waals surface area contributed by atoms with E-state index in [1.807, 2.05) is 38.1 Å². The fraction of sp³-hybridized carbons (Fsp3) is 0.462. The minimum Gasteiger partial charge on any atom is -0.464 e. The molecule has 3 nitrogen and oxygen atoms in total. The molecule has 0 aliphatic heterocycles. The lowest BCUT2D eigenvalue weighted by molar-refractivity contribution is -0.142. The second kappa shape index (κ2) is 6.03. The number of carbonyl (C=O) groups is 1. The molecule has 0 amide bonds. The average molecular weight is 256 g/mol. The van der Waals surface area contributed by atoms with Crippen molar-refractivity contribution in [2.75, 3.05) is 6.61 Å². The van der Waals surface area contributed by atoms with Crippen LogP contribution in [0.2, 0.25) is 5.02 Å². The molecule has 0 bridgehead atoms. The van der Waals surface area contributed by atoms with Gasteiger partial charge in [-0.25, -0.2) is 0 Å². The zero-order valence-electron chi connectivity index (χ0n) is 10.4. The quantitative estimate of drug-likeness (QED) is 0.823. The van der Waals surface area contributed by atoms with Gasteiger partial charge in [0.05, 0.1) is 0 Å². The molecule has 0 aromatic heterocycles. The van der Waals surface area contributed by atoms with Crippen LogP contribution in [0.3, 0.4) is 0 Å². The van der Waals surface area contributed by atoms with Crippen molar-refractivity contribution in [1.29, 1.82) is 0 Å². The number of rotatable bonds is 5. The van der Waals surface area contributed by atoms with Gasteiger partial charge in [0, 0.05) is 24.0 Å². The predicted octanol–water partition coefficient (Wildman–Crippen LogP) is 2.77. The van der Waals surface area contributed by atoms with Crippen molar-refractivity contribution in [3.8, 4) is 0 Å². The zero-order chi connectivity index (χ0) is 12.9. The Hall–Kier alpha value is -1.06. The maximum absolute atomic E-state index is 10.7. The van der Waals surface area contributed by atoms with Crippen molar-refractivity contribution in [2.45, 2.75) is 32.9 Å². The Balaban J connectivity index is 2.49. The molecule has 0 saturated carbocycles. The van der Waals surface area contributed by atoms with Crippen molar-refractivity contribution in [1.82, 2.24) is 5.32 Å². The summed E-state index contributed by atoms with van der Waals surface area (Å²) in [5.74, 6) is -0.266. The molecule has 0 heterocycles. The highest BCUT2D eigenvalue weighted by Gasteiger charge is 2.18. The highest BCUT2D eigenvalue weighted by molar-refractivity contribution is 6.31. The first-order valence-corrected chi connectivity index (χ1v) is 5.90. The summed E-state index contributed by atoms with van der Waals surface area (Å²) in [5, 5.41) is 4.05. The van der Waals surface area contributed by atoms with Crippen LogP contribution in [0.15, 0.2) is 24.3 Å². The number of benzene rings is 1. The molecule has 0 saturated heterocycles. The van der Waals surface area contributed by atoms with Gasteiger partial charge in [0.2, 0.25) is 0 Å². The lowest BCUT2D eigenvalue weighted by Gasteiger charge is -2.25. The van der Waals surface area contributed by atoms with Gasteiger partial charge in [-0.15, -0.1) is 0 Å². The number of halogens is 1. The molecule has 17 heavy (non-hydrogen) atoms. The van der Waals surface area contributed by atoms with Crippen molar-refractivity contribution >= 4 is 17.6 Å². The molecule has 1 aromatic rings. The van der Waals surface area contributed by atoms with Crippen LogP contribution in [-0.4, -0.2) is 18.1 Å². The molecule has 4 heteroatoms. The van der Waals surface area contributed by atoms with Crippen LogP contribution in [-0.2, 0) is 16.1 Å². The fourth-order valence-corrected chi connectivity index (χ4v) is 1.51. The van der Waals surface area contributed by atoms with E-state index in [0.29, 0.717) is 13.2 Å². The van der Waals surface area contributed by atoms with E-state index in [4.69, 9.17) is 16.3 Å². The predicted molar refractivity (Wildman–Crippen MR) is 69.0 cm³/mol. The topological polar surface area (TPSA) is 38.3 Å². The van der Waals surface area contributed by atoms with E-state index in [2.05, 4.69) is 5.32 Å². The summed E-state index contributed by atoms with van der Waals surface area (Å²) in [7, 11) is 0. The minimum absolute atomic E-state index is 0.266.